The van der Waals surface area contributed by atoms with Gasteiger partial charge < -0.3 is 0 Å². The Morgan fingerprint density at radius 1 is 0.812 bits per heavy atom. The molecule has 0 bridgehead atoms. The third-order valence-corrected chi connectivity index (χ3v) is 3.16. The first-order valence-corrected chi connectivity index (χ1v) is 6.03. The summed E-state index contributed by atoms with van der Waals surface area (Å²) in [5.41, 5.74) is 2.56. The Bertz CT molecular complexity index is 408. The lowest BCUT2D eigenvalue weighted by Crippen LogP contribution is -1.93. The fourth-order valence-corrected chi connectivity index (χ4v) is 2.02. The van der Waals surface area contributed by atoms with Crippen molar-refractivity contribution in [1.82, 2.24) is 0 Å². The average Bonchev–Trinajstić information content (AvgIpc) is 2.38. The number of rotatable bonds is 4. The number of aryl methyl sites for hydroxylation is 1. The second-order valence-corrected chi connectivity index (χ2v) is 4.43. The molecule has 0 aromatic heterocycles. The van der Waals surface area contributed by atoms with Crippen LogP contribution < -0.4 is 0 Å². The van der Waals surface area contributed by atoms with Crippen LogP contribution in [-0.4, -0.2) is 0 Å². The summed E-state index contributed by atoms with van der Waals surface area (Å²) in [7, 11) is 0. The van der Waals surface area contributed by atoms with Gasteiger partial charge in [0.2, 0.25) is 0 Å². The molecule has 0 aliphatic heterocycles. The van der Waals surface area contributed by atoms with Crippen LogP contribution in [0, 0.1) is 0 Å². The van der Waals surface area contributed by atoms with Crippen molar-refractivity contribution in [3.63, 3.8) is 0 Å². The molecule has 0 amide bonds. The third-order valence-electron chi connectivity index (χ3n) is 2.69. The monoisotopic (exact) mass is 230 g/mol. The largest absolute Gasteiger partial charge is 0.118 e. The second kappa shape index (κ2) is 5.72. The van der Waals surface area contributed by atoms with Gasteiger partial charge in [-0.25, -0.2) is 0 Å². The van der Waals surface area contributed by atoms with Crippen LogP contribution in [0.5, 0.6) is 0 Å². The zero-order valence-corrected chi connectivity index (χ0v) is 9.90. The normalized spacial score (nSPS) is 12.3. The maximum absolute atomic E-state index is 6.36. The highest BCUT2D eigenvalue weighted by atomic mass is 35.5. The van der Waals surface area contributed by atoms with Gasteiger partial charge in [-0.05, 0) is 24.0 Å². The van der Waals surface area contributed by atoms with E-state index in [9.17, 15) is 0 Å². The Kier molecular flexibility index (Phi) is 4.01. The molecule has 82 valence electrons. The van der Waals surface area contributed by atoms with E-state index in [1.54, 1.807) is 0 Å². The second-order valence-electron chi connectivity index (χ2n) is 3.90. The van der Waals surface area contributed by atoms with E-state index in [0.717, 1.165) is 12.8 Å². The SMILES string of the molecule is Cl[C@H](CCc1ccccc1)c1ccccc1. The molecule has 0 saturated heterocycles. The maximum atomic E-state index is 6.36. The molecule has 0 nitrogen and oxygen atoms in total. The molecule has 16 heavy (non-hydrogen) atoms. The highest BCUT2D eigenvalue weighted by Gasteiger charge is 2.06. The number of hydrogen-bond donors (Lipinski definition) is 0. The van der Waals surface area contributed by atoms with Crippen molar-refractivity contribution in [2.45, 2.75) is 18.2 Å². The van der Waals surface area contributed by atoms with Crippen molar-refractivity contribution in [2.75, 3.05) is 0 Å². The number of alkyl halides is 1. The van der Waals surface area contributed by atoms with E-state index in [1.165, 1.54) is 11.1 Å². The van der Waals surface area contributed by atoms with Gasteiger partial charge in [-0.3, -0.25) is 0 Å². The number of hydrogen-bond acceptors (Lipinski definition) is 0. The zero-order chi connectivity index (χ0) is 11.2. The molecule has 0 radical (unpaired) electrons. The first-order valence-electron chi connectivity index (χ1n) is 5.59. The van der Waals surface area contributed by atoms with E-state index in [1.807, 2.05) is 24.3 Å². The molecule has 2 aromatic carbocycles. The minimum atomic E-state index is 0.112. The minimum absolute atomic E-state index is 0.112. The van der Waals surface area contributed by atoms with Gasteiger partial charge in [0, 0.05) is 0 Å². The van der Waals surface area contributed by atoms with Crippen molar-refractivity contribution >= 4 is 11.6 Å². The van der Waals surface area contributed by atoms with Gasteiger partial charge in [-0.2, -0.15) is 0 Å². The van der Waals surface area contributed by atoms with Crippen molar-refractivity contribution < 1.29 is 0 Å². The first kappa shape index (κ1) is 11.2. The van der Waals surface area contributed by atoms with Gasteiger partial charge in [0.05, 0.1) is 5.38 Å². The van der Waals surface area contributed by atoms with Crippen LogP contribution >= 0.6 is 11.6 Å². The molecule has 1 heteroatoms. The predicted octanol–water partition coefficient (Wildman–Crippen LogP) is 4.60. The molecule has 1 atom stereocenters. The number of halogens is 1. The highest BCUT2D eigenvalue weighted by Crippen LogP contribution is 2.25. The van der Waals surface area contributed by atoms with Crippen LogP contribution in [0.3, 0.4) is 0 Å². The van der Waals surface area contributed by atoms with Gasteiger partial charge in [0.1, 0.15) is 0 Å². The lowest BCUT2D eigenvalue weighted by molar-refractivity contribution is 0.794. The molecule has 0 N–H and O–H groups in total. The van der Waals surface area contributed by atoms with Gasteiger partial charge >= 0.3 is 0 Å². The van der Waals surface area contributed by atoms with Crippen molar-refractivity contribution in [2.24, 2.45) is 0 Å². The molecule has 0 saturated carbocycles. The van der Waals surface area contributed by atoms with Gasteiger partial charge in [0.25, 0.3) is 0 Å². The van der Waals surface area contributed by atoms with Crippen LogP contribution in [0.2, 0.25) is 0 Å². The summed E-state index contributed by atoms with van der Waals surface area (Å²) in [6, 6.07) is 20.7. The van der Waals surface area contributed by atoms with Gasteiger partial charge in [-0.15, -0.1) is 11.6 Å². The van der Waals surface area contributed by atoms with Crippen molar-refractivity contribution in [1.29, 1.82) is 0 Å². The van der Waals surface area contributed by atoms with Crippen LogP contribution in [0.15, 0.2) is 60.7 Å². The van der Waals surface area contributed by atoms with Crippen molar-refractivity contribution in [3.05, 3.63) is 71.8 Å². The Hall–Kier alpha value is -1.27. The highest BCUT2D eigenvalue weighted by molar-refractivity contribution is 6.20. The molecule has 0 spiro atoms. The summed E-state index contributed by atoms with van der Waals surface area (Å²) in [6.45, 7) is 0. The number of benzene rings is 2. The summed E-state index contributed by atoms with van der Waals surface area (Å²) in [5, 5.41) is 0.112. The molecular formula is C15H15Cl. The van der Waals surface area contributed by atoms with Crippen LogP contribution in [0.1, 0.15) is 22.9 Å². The molecule has 2 rings (SSSR count). The first-order chi connectivity index (χ1) is 7.86. The van der Waals surface area contributed by atoms with Gasteiger partial charge in [0.15, 0.2) is 0 Å². The Morgan fingerprint density at radius 3 is 2.00 bits per heavy atom. The third kappa shape index (κ3) is 3.11. The molecule has 0 aliphatic carbocycles. The van der Waals surface area contributed by atoms with Crippen LogP contribution in [0.4, 0.5) is 0 Å². The van der Waals surface area contributed by atoms with E-state index >= 15 is 0 Å². The molecule has 0 aliphatic rings. The summed E-state index contributed by atoms with van der Waals surface area (Å²) in [6.07, 6.45) is 2.01. The molecule has 0 heterocycles. The lowest BCUT2D eigenvalue weighted by Gasteiger charge is -2.09. The molecular weight excluding hydrogens is 216 g/mol. The summed E-state index contributed by atoms with van der Waals surface area (Å²) >= 11 is 6.36. The van der Waals surface area contributed by atoms with E-state index in [-0.39, 0.29) is 5.38 Å². The fourth-order valence-electron chi connectivity index (χ4n) is 1.77. The summed E-state index contributed by atoms with van der Waals surface area (Å²) in [5.74, 6) is 0. The van der Waals surface area contributed by atoms with Gasteiger partial charge in [-0.1, -0.05) is 60.7 Å². The average molecular weight is 231 g/mol. The molecule has 2 aromatic rings. The van der Waals surface area contributed by atoms with Crippen molar-refractivity contribution in [3.8, 4) is 0 Å². The van der Waals surface area contributed by atoms with Crippen LogP contribution in [0.25, 0.3) is 0 Å². The predicted molar refractivity (Wildman–Crippen MR) is 69.8 cm³/mol. The summed E-state index contributed by atoms with van der Waals surface area (Å²) < 4.78 is 0. The fraction of sp³-hybridized carbons (Fsp3) is 0.200. The minimum Gasteiger partial charge on any atom is -0.118 e. The Balaban J connectivity index is 1.92. The van der Waals surface area contributed by atoms with Crippen LogP contribution in [-0.2, 0) is 6.42 Å². The van der Waals surface area contributed by atoms with E-state index < -0.39 is 0 Å². The summed E-state index contributed by atoms with van der Waals surface area (Å²) in [4.78, 5) is 0. The lowest BCUT2D eigenvalue weighted by atomic mass is 10.0. The standard InChI is InChI=1S/C15H15Cl/c16-15(14-9-5-2-6-10-14)12-11-13-7-3-1-4-8-13/h1-10,15H,11-12H2/t15-/m1/s1. The molecule has 0 fully saturated rings. The smallest absolute Gasteiger partial charge is 0.0588 e. The Labute approximate surface area is 102 Å². The molecule has 0 unspecified atom stereocenters. The zero-order valence-electron chi connectivity index (χ0n) is 9.14. The van der Waals surface area contributed by atoms with E-state index in [2.05, 4.69) is 36.4 Å². The van der Waals surface area contributed by atoms with E-state index in [4.69, 9.17) is 11.6 Å². The Morgan fingerprint density at radius 2 is 1.38 bits per heavy atom. The maximum Gasteiger partial charge on any atom is 0.0588 e. The quantitative estimate of drug-likeness (QED) is 0.674. The topological polar surface area (TPSA) is 0 Å². The van der Waals surface area contributed by atoms with E-state index in [0.29, 0.717) is 0 Å².